The number of sulfonamides is 1. The summed E-state index contributed by atoms with van der Waals surface area (Å²) in [6, 6.07) is 12.6. The predicted octanol–water partition coefficient (Wildman–Crippen LogP) is 7.27. The number of ether oxygens (including phenoxy) is 2. The van der Waals surface area contributed by atoms with Gasteiger partial charge < -0.3 is 14.8 Å². The van der Waals surface area contributed by atoms with Crippen LogP contribution in [0.1, 0.15) is 30.4 Å². The summed E-state index contributed by atoms with van der Waals surface area (Å²) < 4.78 is 83.6. The highest BCUT2D eigenvalue weighted by atomic mass is 32.2. The molecule has 5 rings (SSSR count). The van der Waals surface area contributed by atoms with Crippen molar-refractivity contribution in [1.82, 2.24) is 4.98 Å². The lowest BCUT2D eigenvalue weighted by molar-refractivity contribution is 0.391. The van der Waals surface area contributed by atoms with E-state index in [0.29, 0.717) is 23.1 Å². The van der Waals surface area contributed by atoms with Gasteiger partial charge in [0, 0.05) is 41.7 Å². The van der Waals surface area contributed by atoms with Crippen LogP contribution in [0.15, 0.2) is 77.1 Å². The Morgan fingerprint density at radius 1 is 1.02 bits per heavy atom. The molecule has 0 aliphatic heterocycles. The van der Waals surface area contributed by atoms with E-state index < -0.39 is 26.6 Å². The Morgan fingerprint density at radius 3 is 2.51 bits per heavy atom. The molecule has 0 unspecified atom stereocenters. The molecule has 0 fully saturated rings. The Balaban J connectivity index is 1.41. The van der Waals surface area contributed by atoms with Crippen molar-refractivity contribution in [1.29, 1.82) is 0 Å². The Bertz CT molecular complexity index is 1710. The maximum Gasteiger partial charge on any atom is 0.269 e. The highest BCUT2D eigenvalue weighted by Crippen LogP contribution is 2.36. The van der Waals surface area contributed by atoms with Crippen molar-refractivity contribution in [3.8, 4) is 11.5 Å². The molecular weight excluding hydrogens is 599 g/mol. The highest BCUT2D eigenvalue weighted by molar-refractivity contribution is 7.93. The fourth-order valence-corrected chi connectivity index (χ4v) is 7.42. The minimum absolute atomic E-state index is 0.0232. The van der Waals surface area contributed by atoms with Gasteiger partial charge in [0.15, 0.2) is 5.13 Å². The molecule has 4 aromatic rings. The molecule has 12 heteroatoms. The summed E-state index contributed by atoms with van der Waals surface area (Å²) in [6.45, 7) is 0.0401. The molecular formula is C31H30F3N3O4S2. The third-order valence-electron chi connectivity index (χ3n) is 7.31. The SMILES string of the molecule is COc1ccc(CN(c2nccs2)S(=O)(=O)c2cc(F)c(NC[C@H]3CCCC=C3c3ccc(F)cc3)cc2F)c(OC)c1. The van der Waals surface area contributed by atoms with E-state index in [2.05, 4.69) is 16.4 Å². The zero-order chi connectivity index (χ0) is 30.6. The molecule has 3 aromatic carbocycles. The van der Waals surface area contributed by atoms with E-state index in [9.17, 15) is 12.8 Å². The summed E-state index contributed by atoms with van der Waals surface area (Å²) in [5, 5.41) is 4.63. The van der Waals surface area contributed by atoms with Crippen molar-refractivity contribution >= 4 is 37.8 Å². The first-order valence-corrected chi connectivity index (χ1v) is 15.8. The van der Waals surface area contributed by atoms with Gasteiger partial charge in [-0.05, 0) is 60.7 Å². The molecule has 0 spiro atoms. The van der Waals surface area contributed by atoms with Gasteiger partial charge in [-0.1, -0.05) is 18.2 Å². The van der Waals surface area contributed by atoms with Crippen molar-refractivity contribution in [3.05, 3.63) is 101 Å². The van der Waals surface area contributed by atoms with Crippen LogP contribution in [0.3, 0.4) is 0 Å². The van der Waals surface area contributed by atoms with Gasteiger partial charge in [0.25, 0.3) is 10.0 Å². The fourth-order valence-electron chi connectivity index (χ4n) is 5.10. The van der Waals surface area contributed by atoms with Crippen molar-refractivity contribution in [2.45, 2.75) is 30.7 Å². The van der Waals surface area contributed by atoms with Crippen LogP contribution in [-0.2, 0) is 16.6 Å². The molecule has 0 saturated carbocycles. The molecule has 0 amide bonds. The maximum atomic E-state index is 15.5. The van der Waals surface area contributed by atoms with Crippen LogP contribution in [0.4, 0.5) is 24.0 Å². The van der Waals surface area contributed by atoms with E-state index in [4.69, 9.17) is 9.47 Å². The lowest BCUT2D eigenvalue weighted by Crippen LogP contribution is -2.31. The average Bonchev–Trinajstić information content (AvgIpc) is 3.55. The highest BCUT2D eigenvalue weighted by Gasteiger charge is 2.32. The van der Waals surface area contributed by atoms with Crippen LogP contribution in [0, 0.1) is 23.4 Å². The number of anilines is 2. The van der Waals surface area contributed by atoms with Gasteiger partial charge in [-0.15, -0.1) is 11.3 Å². The van der Waals surface area contributed by atoms with E-state index in [1.54, 1.807) is 35.7 Å². The van der Waals surface area contributed by atoms with Gasteiger partial charge in [-0.3, -0.25) is 0 Å². The lowest BCUT2D eigenvalue weighted by Gasteiger charge is -2.26. The molecule has 226 valence electrons. The normalized spacial score (nSPS) is 15.1. The molecule has 1 aliphatic rings. The van der Waals surface area contributed by atoms with E-state index >= 15 is 8.78 Å². The smallest absolute Gasteiger partial charge is 0.269 e. The summed E-state index contributed by atoms with van der Waals surface area (Å²) >= 11 is 1.04. The summed E-state index contributed by atoms with van der Waals surface area (Å²) in [5.74, 6) is -1.51. The molecule has 1 aliphatic carbocycles. The number of hydrogen-bond acceptors (Lipinski definition) is 7. The quantitative estimate of drug-likeness (QED) is 0.188. The second-order valence-corrected chi connectivity index (χ2v) is 12.6. The van der Waals surface area contributed by atoms with Crippen molar-refractivity contribution in [2.75, 3.05) is 30.4 Å². The summed E-state index contributed by atoms with van der Waals surface area (Å²) in [4.78, 5) is 3.31. The van der Waals surface area contributed by atoms with Crippen molar-refractivity contribution < 1.29 is 31.1 Å². The van der Waals surface area contributed by atoms with Crippen LogP contribution in [0.25, 0.3) is 5.57 Å². The second kappa shape index (κ2) is 13.1. The van der Waals surface area contributed by atoms with E-state index in [0.717, 1.165) is 52.1 Å². The first-order chi connectivity index (χ1) is 20.7. The van der Waals surface area contributed by atoms with Crippen LogP contribution < -0.4 is 19.1 Å². The number of rotatable bonds is 11. The molecule has 0 radical (unpaired) electrons. The summed E-state index contributed by atoms with van der Waals surface area (Å²) in [6.07, 6.45) is 6.12. The monoisotopic (exact) mass is 629 g/mol. The van der Waals surface area contributed by atoms with Gasteiger partial charge >= 0.3 is 0 Å². The zero-order valence-electron chi connectivity index (χ0n) is 23.5. The standard InChI is InChI=1S/C31H30F3N3O4S2/c1-40-24-12-9-22(29(15-24)41-2)19-37(31-35-13-14-42-31)43(38,39)30-17-26(33)28(16-27(30)34)36-18-21-5-3-4-6-25(21)20-7-10-23(32)11-8-20/h6-17,21,36H,3-5,18-19H2,1-2H3/t21-/m1/s1. The number of thiazole rings is 1. The van der Waals surface area contributed by atoms with Crippen LogP contribution in [0.5, 0.6) is 11.5 Å². The number of benzene rings is 3. The van der Waals surface area contributed by atoms with Gasteiger partial charge in [-0.25, -0.2) is 30.9 Å². The van der Waals surface area contributed by atoms with Gasteiger partial charge in [0.1, 0.15) is 33.8 Å². The number of nitrogens with zero attached hydrogens (tertiary/aromatic N) is 2. The molecule has 1 atom stereocenters. The van der Waals surface area contributed by atoms with Crippen LogP contribution >= 0.6 is 11.3 Å². The number of nitrogens with one attached hydrogen (secondary N) is 1. The first kappa shape index (κ1) is 30.4. The molecule has 0 bridgehead atoms. The summed E-state index contributed by atoms with van der Waals surface area (Å²) in [5.41, 5.74) is 2.19. The number of methoxy groups -OCH3 is 2. The second-order valence-electron chi connectivity index (χ2n) is 9.94. The molecule has 1 N–H and O–H groups in total. The zero-order valence-corrected chi connectivity index (χ0v) is 25.2. The molecule has 1 aromatic heterocycles. The number of halogens is 3. The molecule has 0 saturated heterocycles. The van der Waals surface area contributed by atoms with Crippen LogP contribution in [0.2, 0.25) is 0 Å². The average molecular weight is 630 g/mol. The third kappa shape index (κ3) is 6.65. The Hall–Kier alpha value is -4.03. The van der Waals surface area contributed by atoms with Gasteiger partial charge in [0.2, 0.25) is 0 Å². The predicted molar refractivity (Wildman–Crippen MR) is 162 cm³/mol. The summed E-state index contributed by atoms with van der Waals surface area (Å²) in [7, 11) is -1.67. The molecule has 1 heterocycles. The Labute approximate surface area is 252 Å². The lowest BCUT2D eigenvalue weighted by atomic mass is 9.83. The largest absolute Gasteiger partial charge is 0.497 e. The van der Waals surface area contributed by atoms with Crippen molar-refractivity contribution in [2.24, 2.45) is 5.92 Å². The van der Waals surface area contributed by atoms with E-state index in [1.807, 2.05) is 0 Å². The number of aromatic nitrogens is 1. The third-order valence-corrected chi connectivity index (χ3v) is 9.97. The van der Waals surface area contributed by atoms with Gasteiger partial charge in [0.05, 0.1) is 26.5 Å². The topological polar surface area (TPSA) is 80.8 Å². The molecule has 7 nitrogen and oxygen atoms in total. The first-order valence-electron chi connectivity index (χ1n) is 13.5. The molecule has 43 heavy (non-hydrogen) atoms. The van der Waals surface area contributed by atoms with Crippen LogP contribution in [-0.4, -0.2) is 34.2 Å². The van der Waals surface area contributed by atoms with E-state index in [1.165, 1.54) is 32.5 Å². The maximum absolute atomic E-state index is 15.5. The fraction of sp³-hybridized carbons (Fsp3) is 0.258. The van der Waals surface area contributed by atoms with E-state index in [-0.39, 0.29) is 35.6 Å². The van der Waals surface area contributed by atoms with Gasteiger partial charge in [-0.2, -0.15) is 0 Å². The Morgan fingerprint density at radius 2 is 1.81 bits per heavy atom. The Kier molecular flexibility index (Phi) is 9.26. The minimum atomic E-state index is -4.60. The number of hydrogen-bond donors (Lipinski definition) is 1. The van der Waals surface area contributed by atoms with Crippen molar-refractivity contribution in [3.63, 3.8) is 0 Å². The number of allylic oxidation sites excluding steroid dienone is 1. The minimum Gasteiger partial charge on any atom is -0.497 e.